The fraction of sp³-hybridized carbons (Fsp3) is 0.846. The van der Waals surface area contributed by atoms with Crippen LogP contribution in [0.1, 0.15) is 45.4 Å². The van der Waals surface area contributed by atoms with Gasteiger partial charge in [-0.15, -0.1) is 12.3 Å². The van der Waals surface area contributed by atoms with Crippen molar-refractivity contribution in [2.75, 3.05) is 13.2 Å². The normalized spacial score (nSPS) is 34.1. The van der Waals surface area contributed by atoms with Crippen molar-refractivity contribution in [2.24, 2.45) is 5.41 Å². The van der Waals surface area contributed by atoms with Crippen molar-refractivity contribution < 1.29 is 9.47 Å². The molecule has 1 unspecified atom stereocenters. The predicted octanol–water partition coefficient (Wildman–Crippen LogP) is 2.72. The summed E-state index contributed by atoms with van der Waals surface area (Å²) in [6.07, 6.45) is 11.9. The van der Waals surface area contributed by atoms with E-state index in [4.69, 9.17) is 15.9 Å². The minimum Gasteiger partial charge on any atom is -0.347 e. The van der Waals surface area contributed by atoms with Gasteiger partial charge in [0.25, 0.3) is 0 Å². The van der Waals surface area contributed by atoms with Crippen LogP contribution in [0.2, 0.25) is 0 Å². The van der Waals surface area contributed by atoms with Gasteiger partial charge >= 0.3 is 0 Å². The van der Waals surface area contributed by atoms with Crippen molar-refractivity contribution in [1.82, 2.24) is 0 Å². The summed E-state index contributed by atoms with van der Waals surface area (Å²) in [5, 5.41) is 0. The highest BCUT2D eigenvalue weighted by molar-refractivity contribution is 4.98. The fourth-order valence-corrected chi connectivity index (χ4v) is 2.98. The van der Waals surface area contributed by atoms with Gasteiger partial charge in [0.05, 0.1) is 13.2 Å². The standard InChI is InChI=1S/C13H20O2/c1-3-4-7-12(2)8-5-6-9-13(12)14-10-11-15-13/h1H,4-11H2,2H3. The van der Waals surface area contributed by atoms with Crippen LogP contribution in [0.5, 0.6) is 0 Å². The van der Waals surface area contributed by atoms with E-state index in [0.29, 0.717) is 0 Å². The van der Waals surface area contributed by atoms with Crippen LogP contribution in [0.4, 0.5) is 0 Å². The van der Waals surface area contributed by atoms with Crippen LogP contribution in [-0.4, -0.2) is 19.0 Å². The first-order valence-electron chi connectivity index (χ1n) is 5.94. The van der Waals surface area contributed by atoms with E-state index in [0.717, 1.165) is 32.5 Å². The monoisotopic (exact) mass is 208 g/mol. The van der Waals surface area contributed by atoms with Gasteiger partial charge in [0.15, 0.2) is 5.79 Å². The molecule has 2 rings (SSSR count). The minimum atomic E-state index is -0.317. The molecule has 1 aliphatic carbocycles. The SMILES string of the molecule is C#CCCC1(C)CCCCC12OCCO2. The molecule has 1 spiro atoms. The number of hydrogen-bond donors (Lipinski definition) is 0. The Hall–Kier alpha value is -0.520. The van der Waals surface area contributed by atoms with Gasteiger partial charge < -0.3 is 9.47 Å². The van der Waals surface area contributed by atoms with E-state index in [1.165, 1.54) is 19.3 Å². The van der Waals surface area contributed by atoms with Crippen LogP contribution in [0.25, 0.3) is 0 Å². The van der Waals surface area contributed by atoms with Gasteiger partial charge in [0, 0.05) is 18.3 Å². The first-order chi connectivity index (χ1) is 7.22. The highest BCUT2D eigenvalue weighted by Crippen LogP contribution is 2.51. The van der Waals surface area contributed by atoms with Crippen molar-refractivity contribution in [2.45, 2.75) is 51.2 Å². The first kappa shape index (κ1) is 11.0. The average Bonchev–Trinajstić information content (AvgIpc) is 2.71. The zero-order valence-corrected chi connectivity index (χ0v) is 9.55. The van der Waals surface area contributed by atoms with Crippen molar-refractivity contribution in [1.29, 1.82) is 0 Å². The molecule has 2 fully saturated rings. The van der Waals surface area contributed by atoms with E-state index in [1.54, 1.807) is 0 Å². The fourth-order valence-electron chi connectivity index (χ4n) is 2.98. The molecule has 1 saturated heterocycles. The van der Waals surface area contributed by atoms with Crippen LogP contribution >= 0.6 is 0 Å². The lowest BCUT2D eigenvalue weighted by atomic mass is 9.68. The summed E-state index contributed by atoms with van der Waals surface area (Å²) >= 11 is 0. The maximum Gasteiger partial charge on any atom is 0.173 e. The first-order valence-corrected chi connectivity index (χ1v) is 5.94. The van der Waals surface area contributed by atoms with Crippen molar-refractivity contribution in [3.8, 4) is 12.3 Å². The highest BCUT2D eigenvalue weighted by atomic mass is 16.7. The van der Waals surface area contributed by atoms with Crippen molar-refractivity contribution >= 4 is 0 Å². The molecule has 0 N–H and O–H groups in total. The zero-order valence-electron chi connectivity index (χ0n) is 9.55. The summed E-state index contributed by atoms with van der Waals surface area (Å²) in [5.74, 6) is 2.42. The molecule has 84 valence electrons. The van der Waals surface area contributed by atoms with Crippen molar-refractivity contribution in [3.05, 3.63) is 0 Å². The number of ether oxygens (including phenoxy) is 2. The molecule has 0 aromatic heterocycles. The molecule has 2 heteroatoms. The topological polar surface area (TPSA) is 18.5 Å². The number of terminal acetylenes is 1. The maximum atomic E-state index is 5.90. The summed E-state index contributed by atoms with van der Waals surface area (Å²) in [6, 6.07) is 0. The quantitative estimate of drug-likeness (QED) is 0.650. The van der Waals surface area contributed by atoms with Gasteiger partial charge in [-0.25, -0.2) is 0 Å². The summed E-state index contributed by atoms with van der Waals surface area (Å²) in [6.45, 7) is 3.76. The molecule has 1 saturated carbocycles. The smallest absolute Gasteiger partial charge is 0.173 e. The molecule has 1 heterocycles. The van der Waals surface area contributed by atoms with Crippen molar-refractivity contribution in [3.63, 3.8) is 0 Å². The van der Waals surface area contributed by atoms with Crippen LogP contribution in [0.15, 0.2) is 0 Å². The number of hydrogen-bond acceptors (Lipinski definition) is 2. The Bertz CT molecular complexity index is 260. The Kier molecular flexibility index (Phi) is 3.04. The van der Waals surface area contributed by atoms with Gasteiger partial charge in [-0.3, -0.25) is 0 Å². The van der Waals surface area contributed by atoms with Crippen LogP contribution < -0.4 is 0 Å². The molecule has 15 heavy (non-hydrogen) atoms. The third-order valence-corrected chi connectivity index (χ3v) is 3.98. The predicted molar refractivity (Wildman–Crippen MR) is 59.3 cm³/mol. The van der Waals surface area contributed by atoms with E-state index in [9.17, 15) is 0 Å². The van der Waals surface area contributed by atoms with Gasteiger partial charge in [0.2, 0.25) is 0 Å². The maximum absolute atomic E-state index is 5.90. The summed E-state index contributed by atoms with van der Waals surface area (Å²) in [4.78, 5) is 0. The van der Waals surface area contributed by atoms with E-state index in [1.807, 2.05) is 0 Å². The lowest BCUT2D eigenvalue weighted by Crippen LogP contribution is -2.49. The molecule has 2 aliphatic rings. The third kappa shape index (κ3) is 1.79. The second-order valence-corrected chi connectivity index (χ2v) is 4.92. The molecule has 0 aromatic rings. The molecule has 0 radical (unpaired) electrons. The second-order valence-electron chi connectivity index (χ2n) is 4.92. The molecule has 0 aromatic carbocycles. The summed E-state index contributed by atoms with van der Waals surface area (Å²) < 4.78 is 11.8. The van der Waals surface area contributed by atoms with Gasteiger partial charge in [0.1, 0.15) is 0 Å². The Labute approximate surface area is 92.3 Å². The molecular weight excluding hydrogens is 188 g/mol. The molecule has 1 atom stereocenters. The van der Waals surface area contributed by atoms with E-state index in [2.05, 4.69) is 12.8 Å². The Morgan fingerprint density at radius 3 is 2.53 bits per heavy atom. The van der Waals surface area contributed by atoms with Gasteiger partial charge in [-0.2, -0.15) is 0 Å². The molecule has 1 aliphatic heterocycles. The molecular formula is C13H20O2. The Morgan fingerprint density at radius 1 is 1.20 bits per heavy atom. The van der Waals surface area contributed by atoms with E-state index >= 15 is 0 Å². The Balaban J connectivity index is 2.14. The van der Waals surface area contributed by atoms with Gasteiger partial charge in [-0.05, 0) is 19.3 Å². The highest BCUT2D eigenvalue weighted by Gasteiger charge is 2.53. The van der Waals surface area contributed by atoms with Crippen LogP contribution in [-0.2, 0) is 9.47 Å². The largest absolute Gasteiger partial charge is 0.347 e. The minimum absolute atomic E-state index is 0.119. The van der Waals surface area contributed by atoms with Gasteiger partial charge in [-0.1, -0.05) is 13.3 Å². The van der Waals surface area contributed by atoms with E-state index < -0.39 is 0 Å². The zero-order chi connectivity index (χ0) is 10.8. The lowest BCUT2D eigenvalue weighted by molar-refractivity contribution is -0.252. The van der Waals surface area contributed by atoms with Crippen LogP contribution in [0, 0.1) is 17.8 Å². The second kappa shape index (κ2) is 4.15. The molecule has 0 bridgehead atoms. The third-order valence-electron chi connectivity index (χ3n) is 3.98. The molecule has 2 nitrogen and oxygen atoms in total. The Morgan fingerprint density at radius 2 is 1.87 bits per heavy atom. The number of rotatable bonds is 2. The average molecular weight is 208 g/mol. The van der Waals surface area contributed by atoms with E-state index in [-0.39, 0.29) is 11.2 Å². The summed E-state index contributed by atoms with van der Waals surface area (Å²) in [7, 11) is 0. The van der Waals surface area contributed by atoms with Crippen LogP contribution in [0.3, 0.4) is 0 Å². The lowest BCUT2D eigenvalue weighted by Gasteiger charge is -2.47. The summed E-state index contributed by atoms with van der Waals surface area (Å²) in [5.41, 5.74) is 0.119. The molecule has 0 amide bonds.